The number of halogens is 1. The highest BCUT2D eigenvalue weighted by Crippen LogP contribution is 2.30. The van der Waals surface area contributed by atoms with Gasteiger partial charge in [0.25, 0.3) is 0 Å². The average molecular weight is 501 g/mol. The molecule has 0 atom stereocenters. The second kappa shape index (κ2) is 8.64. The van der Waals surface area contributed by atoms with Crippen LogP contribution in [0, 0.1) is 3.70 Å². The van der Waals surface area contributed by atoms with E-state index in [1.165, 1.54) is 0 Å². The van der Waals surface area contributed by atoms with Crippen LogP contribution in [0.15, 0.2) is 49.3 Å². The quantitative estimate of drug-likeness (QED) is 0.285. The van der Waals surface area contributed by atoms with Crippen LogP contribution in [-0.4, -0.2) is 38.2 Å². The number of aryl methyl sites for hydroxylation is 1. The Bertz CT molecular complexity index is 1150. The number of nitrogens with one attached hydrogen (secondary N) is 1. The number of H-pyrrole nitrogens is 1. The van der Waals surface area contributed by atoms with Gasteiger partial charge < -0.3 is 9.47 Å². The van der Waals surface area contributed by atoms with Gasteiger partial charge in [0.2, 0.25) is 5.88 Å². The molecule has 29 heavy (non-hydrogen) atoms. The summed E-state index contributed by atoms with van der Waals surface area (Å²) in [6.07, 6.45) is 6.05. The van der Waals surface area contributed by atoms with Gasteiger partial charge in [-0.2, -0.15) is 10.2 Å². The molecule has 7 nitrogen and oxygen atoms in total. The largest absolute Gasteiger partial charge is 0.493 e. The number of hydrogen-bond donors (Lipinski definition) is 1. The molecule has 0 amide bonds. The van der Waals surface area contributed by atoms with Gasteiger partial charge in [-0.1, -0.05) is 30.9 Å². The molecule has 0 aliphatic heterocycles. The molecule has 0 saturated carbocycles. The van der Waals surface area contributed by atoms with Crippen molar-refractivity contribution in [3.8, 4) is 22.9 Å². The lowest BCUT2D eigenvalue weighted by Crippen LogP contribution is -2.08. The molecule has 3 heterocycles. The molecule has 0 aliphatic carbocycles. The van der Waals surface area contributed by atoms with E-state index in [-0.39, 0.29) is 0 Å². The molecule has 4 rings (SSSR count). The molecule has 0 bridgehead atoms. The second-order valence-corrected chi connectivity index (χ2v) is 7.48. The first-order valence-electron chi connectivity index (χ1n) is 9.16. The minimum absolute atomic E-state index is 0.508. The van der Waals surface area contributed by atoms with Crippen LogP contribution in [0.25, 0.3) is 28.2 Å². The number of ether oxygens (including phenoxy) is 2. The summed E-state index contributed by atoms with van der Waals surface area (Å²) in [5, 5.41) is 12.6. The Labute approximate surface area is 181 Å². The summed E-state index contributed by atoms with van der Waals surface area (Å²) < 4.78 is 14.6. The summed E-state index contributed by atoms with van der Waals surface area (Å²) in [7, 11) is 1.86. The molecular formula is C21H20IN5O2. The van der Waals surface area contributed by atoms with Crippen LogP contribution in [-0.2, 0) is 7.05 Å². The number of aromatic amines is 1. The third kappa shape index (κ3) is 4.12. The van der Waals surface area contributed by atoms with Gasteiger partial charge in [-0.05, 0) is 34.7 Å². The fourth-order valence-electron chi connectivity index (χ4n) is 2.99. The molecule has 0 fully saturated rings. The fourth-order valence-corrected chi connectivity index (χ4v) is 3.55. The lowest BCUT2D eigenvalue weighted by atomic mass is 10.2. The van der Waals surface area contributed by atoms with E-state index in [9.17, 15) is 0 Å². The topological polar surface area (TPSA) is 77.8 Å². The number of rotatable bonds is 8. The first-order chi connectivity index (χ1) is 14.2. The number of aromatic nitrogens is 5. The maximum absolute atomic E-state index is 6.02. The minimum Gasteiger partial charge on any atom is -0.493 e. The zero-order valence-corrected chi connectivity index (χ0v) is 18.1. The van der Waals surface area contributed by atoms with Gasteiger partial charge in [-0.25, -0.2) is 4.68 Å². The zero-order chi connectivity index (χ0) is 20.2. The molecule has 0 radical (unpaired) electrons. The number of hydrogen-bond acceptors (Lipinski definition) is 5. The number of nitrogens with zero attached hydrogens (tertiary/aromatic N) is 4. The van der Waals surface area contributed by atoms with Gasteiger partial charge >= 0.3 is 0 Å². The Kier molecular flexibility index (Phi) is 5.79. The zero-order valence-electron chi connectivity index (χ0n) is 15.9. The summed E-state index contributed by atoms with van der Waals surface area (Å²) in [5.41, 5.74) is 3.47. The molecule has 0 saturated heterocycles. The Balaban J connectivity index is 1.41. The van der Waals surface area contributed by atoms with Gasteiger partial charge in [0.05, 0.1) is 36.9 Å². The standard InChI is InChI=1S/C21H20IN5O2/c1-3-14-7-4-5-8-19(14)28-9-6-10-29-21-16(12-24-27(21)2)17-11-15-18(13-23-17)25-26-20(15)22/h3-5,7-8,11-13H,1,6,9-10H2,2H3,(H,25,26). The molecule has 4 aromatic rings. The summed E-state index contributed by atoms with van der Waals surface area (Å²) in [5.74, 6) is 1.51. The van der Waals surface area contributed by atoms with Gasteiger partial charge in [0, 0.05) is 24.4 Å². The van der Waals surface area contributed by atoms with E-state index in [1.807, 2.05) is 37.4 Å². The average Bonchev–Trinajstić information content (AvgIpc) is 3.30. The van der Waals surface area contributed by atoms with Gasteiger partial charge in [-0.3, -0.25) is 10.1 Å². The Morgan fingerprint density at radius 1 is 1.21 bits per heavy atom. The van der Waals surface area contributed by atoms with Crippen LogP contribution in [0.2, 0.25) is 0 Å². The fraction of sp³-hybridized carbons (Fsp3) is 0.190. The van der Waals surface area contributed by atoms with E-state index < -0.39 is 0 Å². The van der Waals surface area contributed by atoms with Crippen molar-refractivity contribution >= 4 is 39.6 Å². The highest BCUT2D eigenvalue weighted by molar-refractivity contribution is 14.1. The molecule has 3 aromatic heterocycles. The first kappa shape index (κ1) is 19.4. The number of fused-ring (bicyclic) bond motifs is 1. The SMILES string of the molecule is C=Cc1ccccc1OCCCOc1c(-c2cc3c(I)[nH]nc3cn2)cnn1C. The van der Waals surface area contributed by atoms with E-state index in [1.54, 1.807) is 23.2 Å². The molecule has 1 N–H and O–H groups in total. The van der Waals surface area contributed by atoms with Crippen molar-refractivity contribution in [3.05, 3.63) is 58.6 Å². The lowest BCUT2D eigenvalue weighted by Gasteiger charge is -2.11. The van der Waals surface area contributed by atoms with E-state index >= 15 is 0 Å². The maximum Gasteiger partial charge on any atom is 0.221 e. The predicted octanol–water partition coefficient (Wildman–Crippen LogP) is 4.45. The van der Waals surface area contributed by atoms with Crippen LogP contribution in [0.3, 0.4) is 0 Å². The van der Waals surface area contributed by atoms with Crippen LogP contribution >= 0.6 is 22.6 Å². The summed E-state index contributed by atoms with van der Waals surface area (Å²) in [6.45, 7) is 4.87. The van der Waals surface area contributed by atoms with Gasteiger partial charge in [0.1, 0.15) is 15.0 Å². The van der Waals surface area contributed by atoms with Crippen molar-refractivity contribution < 1.29 is 9.47 Å². The third-order valence-electron chi connectivity index (χ3n) is 4.48. The normalized spacial score (nSPS) is 11.0. The number of para-hydroxylation sites is 1. The van der Waals surface area contributed by atoms with Crippen LogP contribution in [0.1, 0.15) is 12.0 Å². The van der Waals surface area contributed by atoms with Crippen molar-refractivity contribution in [2.75, 3.05) is 13.2 Å². The highest BCUT2D eigenvalue weighted by atomic mass is 127. The minimum atomic E-state index is 0.508. The van der Waals surface area contributed by atoms with Crippen molar-refractivity contribution in [3.63, 3.8) is 0 Å². The van der Waals surface area contributed by atoms with Crippen molar-refractivity contribution in [2.45, 2.75) is 6.42 Å². The van der Waals surface area contributed by atoms with Gasteiger partial charge in [0.15, 0.2) is 0 Å². The monoisotopic (exact) mass is 501 g/mol. The molecule has 8 heteroatoms. The summed E-state index contributed by atoms with van der Waals surface area (Å²) >= 11 is 2.23. The second-order valence-electron chi connectivity index (χ2n) is 6.40. The Hall–Kier alpha value is -2.88. The van der Waals surface area contributed by atoms with Crippen LogP contribution < -0.4 is 9.47 Å². The van der Waals surface area contributed by atoms with E-state index in [2.05, 4.69) is 49.4 Å². The Morgan fingerprint density at radius 2 is 2.03 bits per heavy atom. The molecule has 148 valence electrons. The lowest BCUT2D eigenvalue weighted by molar-refractivity contribution is 0.236. The van der Waals surface area contributed by atoms with Crippen molar-refractivity contribution in [2.24, 2.45) is 7.05 Å². The molecule has 0 spiro atoms. The third-order valence-corrected chi connectivity index (χ3v) is 5.30. The molecule has 1 aromatic carbocycles. The molecular weight excluding hydrogens is 481 g/mol. The first-order valence-corrected chi connectivity index (χ1v) is 10.2. The molecule has 0 unspecified atom stereocenters. The molecule has 0 aliphatic rings. The van der Waals surface area contributed by atoms with Crippen molar-refractivity contribution in [1.82, 2.24) is 25.0 Å². The number of pyridine rings is 1. The van der Waals surface area contributed by atoms with E-state index in [0.29, 0.717) is 19.1 Å². The van der Waals surface area contributed by atoms with Crippen LogP contribution in [0.4, 0.5) is 0 Å². The van der Waals surface area contributed by atoms with Crippen LogP contribution in [0.5, 0.6) is 11.6 Å². The summed E-state index contributed by atoms with van der Waals surface area (Å²) in [4.78, 5) is 4.51. The maximum atomic E-state index is 6.02. The highest BCUT2D eigenvalue weighted by Gasteiger charge is 2.15. The Morgan fingerprint density at radius 3 is 2.90 bits per heavy atom. The predicted molar refractivity (Wildman–Crippen MR) is 121 cm³/mol. The van der Waals surface area contributed by atoms with E-state index in [0.717, 1.165) is 43.6 Å². The van der Waals surface area contributed by atoms with E-state index in [4.69, 9.17) is 9.47 Å². The van der Waals surface area contributed by atoms with Crippen molar-refractivity contribution in [1.29, 1.82) is 0 Å². The van der Waals surface area contributed by atoms with Gasteiger partial charge in [-0.15, -0.1) is 0 Å². The smallest absolute Gasteiger partial charge is 0.221 e. The summed E-state index contributed by atoms with van der Waals surface area (Å²) in [6, 6.07) is 9.83. The number of benzene rings is 1.